The van der Waals surface area contributed by atoms with Gasteiger partial charge in [-0.3, -0.25) is 4.90 Å². The van der Waals surface area contributed by atoms with Crippen LogP contribution >= 0.6 is 21.6 Å². The molecule has 24 heavy (non-hydrogen) atoms. The number of urea groups is 3. The summed E-state index contributed by atoms with van der Waals surface area (Å²) in [6, 6.07) is 7.84. The normalized spacial score (nSPS) is 18.9. The van der Waals surface area contributed by atoms with Gasteiger partial charge in [-0.15, -0.1) is 0 Å². The van der Waals surface area contributed by atoms with Gasteiger partial charge in [-0.1, -0.05) is 39.8 Å². The number of nitrogens with zero attached hydrogens (tertiary/aromatic N) is 3. The maximum Gasteiger partial charge on any atom is 0.342 e. The molecule has 0 aliphatic carbocycles. The molecule has 2 rings (SSSR count). The van der Waals surface area contributed by atoms with Crippen molar-refractivity contribution in [1.82, 2.24) is 20.4 Å². The molecule has 1 atom stereocenters. The first-order chi connectivity index (χ1) is 11.5. The number of carbonyl (C=O) groups is 3. The number of imide groups is 1. The van der Waals surface area contributed by atoms with Crippen molar-refractivity contribution < 1.29 is 14.4 Å². The molecule has 10 heteroatoms. The SMILES string of the molecule is CNC(=O)/N=C1/C(SSc2ccccc2)N(C(=O)NC)C(=O)N1C. The number of hydrogen-bond acceptors (Lipinski definition) is 5. The monoisotopic (exact) mass is 367 g/mol. The molecule has 1 aromatic carbocycles. The van der Waals surface area contributed by atoms with Gasteiger partial charge in [-0.05, 0) is 12.1 Å². The summed E-state index contributed by atoms with van der Waals surface area (Å²) in [4.78, 5) is 43.2. The van der Waals surface area contributed by atoms with Crippen LogP contribution in [0.15, 0.2) is 40.2 Å². The highest BCUT2D eigenvalue weighted by atomic mass is 33.1. The molecular formula is C14H17N5O3S2. The summed E-state index contributed by atoms with van der Waals surface area (Å²) in [6.45, 7) is 0. The molecule has 2 N–H and O–H groups in total. The van der Waals surface area contributed by atoms with Crippen LogP contribution in [0.5, 0.6) is 0 Å². The molecule has 0 radical (unpaired) electrons. The van der Waals surface area contributed by atoms with Gasteiger partial charge in [0, 0.05) is 26.0 Å². The van der Waals surface area contributed by atoms with Crippen molar-refractivity contribution >= 4 is 45.5 Å². The molecule has 1 unspecified atom stereocenters. The van der Waals surface area contributed by atoms with E-state index in [0.29, 0.717) is 0 Å². The molecule has 0 spiro atoms. The second-order valence-electron chi connectivity index (χ2n) is 4.64. The van der Waals surface area contributed by atoms with E-state index in [4.69, 9.17) is 0 Å². The van der Waals surface area contributed by atoms with Gasteiger partial charge in [-0.25, -0.2) is 19.3 Å². The van der Waals surface area contributed by atoms with Gasteiger partial charge in [0.1, 0.15) is 0 Å². The van der Waals surface area contributed by atoms with E-state index < -0.39 is 23.5 Å². The predicted octanol–water partition coefficient (Wildman–Crippen LogP) is 2.20. The lowest BCUT2D eigenvalue weighted by Gasteiger charge is -2.19. The number of aliphatic imine (C=N–C) groups is 1. The first-order valence-corrected chi connectivity index (χ1v) is 9.18. The lowest BCUT2D eigenvalue weighted by atomic mass is 10.4. The first kappa shape index (κ1) is 18.1. The lowest BCUT2D eigenvalue weighted by Crippen LogP contribution is -2.43. The Morgan fingerprint density at radius 1 is 1.17 bits per heavy atom. The minimum atomic E-state index is -0.718. The number of amides is 6. The standard InChI is InChI=1S/C14H17N5O3S2/c1-15-12(20)17-10-11(24-23-9-7-5-4-6-8-9)19(13(21)16-2)14(22)18(10)3/h4-8,11H,1-3H3,(H,15,20)(H,16,21)/b17-10-. The number of hydrogen-bond donors (Lipinski definition) is 2. The van der Waals surface area contributed by atoms with Crippen LogP contribution in [-0.2, 0) is 0 Å². The third-order valence-electron chi connectivity index (χ3n) is 3.13. The van der Waals surface area contributed by atoms with Crippen molar-refractivity contribution in [3.63, 3.8) is 0 Å². The fourth-order valence-corrected chi connectivity index (χ4v) is 4.40. The minimum absolute atomic E-state index is 0.205. The summed E-state index contributed by atoms with van der Waals surface area (Å²) in [5.74, 6) is 0.205. The Labute approximate surface area is 147 Å². The second-order valence-corrected chi connectivity index (χ2v) is 6.99. The van der Waals surface area contributed by atoms with E-state index in [1.807, 2.05) is 30.3 Å². The fraction of sp³-hybridized carbons (Fsp3) is 0.286. The molecule has 1 saturated heterocycles. The van der Waals surface area contributed by atoms with Crippen LogP contribution in [0.4, 0.5) is 14.4 Å². The van der Waals surface area contributed by atoms with E-state index in [-0.39, 0.29) is 5.84 Å². The Morgan fingerprint density at radius 3 is 2.42 bits per heavy atom. The van der Waals surface area contributed by atoms with Crippen LogP contribution in [0.1, 0.15) is 0 Å². The highest BCUT2D eigenvalue weighted by Gasteiger charge is 2.46. The molecule has 1 heterocycles. The third kappa shape index (κ3) is 3.82. The van der Waals surface area contributed by atoms with E-state index in [1.54, 1.807) is 0 Å². The average Bonchev–Trinajstić information content (AvgIpc) is 2.84. The first-order valence-electron chi connectivity index (χ1n) is 6.97. The summed E-state index contributed by atoms with van der Waals surface area (Å²) < 4.78 is 0. The van der Waals surface area contributed by atoms with Gasteiger partial charge in [0.2, 0.25) is 0 Å². The molecule has 0 saturated carbocycles. The smallest absolute Gasteiger partial charge is 0.341 e. The Bertz CT molecular complexity index is 668. The van der Waals surface area contributed by atoms with Crippen molar-refractivity contribution in [2.75, 3.05) is 21.1 Å². The molecule has 8 nitrogen and oxygen atoms in total. The molecule has 1 aromatic rings. The topological polar surface area (TPSA) is 94.1 Å². The fourth-order valence-electron chi connectivity index (χ4n) is 1.91. The summed E-state index contributed by atoms with van der Waals surface area (Å²) in [5, 5.41) is 4.10. The van der Waals surface area contributed by atoms with Crippen molar-refractivity contribution in [2.45, 2.75) is 10.3 Å². The quantitative estimate of drug-likeness (QED) is 0.799. The number of likely N-dealkylation sites (N-methyl/N-ethyl adjacent to an activating group) is 1. The zero-order chi connectivity index (χ0) is 17.7. The van der Waals surface area contributed by atoms with Crippen molar-refractivity contribution in [3.8, 4) is 0 Å². The second kappa shape index (κ2) is 8.06. The maximum absolute atomic E-state index is 12.4. The summed E-state index contributed by atoms with van der Waals surface area (Å²) in [5.41, 5.74) is 0. The highest BCUT2D eigenvalue weighted by Crippen LogP contribution is 2.39. The van der Waals surface area contributed by atoms with Crippen LogP contribution in [0, 0.1) is 0 Å². The maximum atomic E-state index is 12.4. The largest absolute Gasteiger partial charge is 0.342 e. The number of benzene rings is 1. The summed E-state index contributed by atoms with van der Waals surface area (Å²) in [6.07, 6.45) is 0. The zero-order valence-corrected chi connectivity index (χ0v) is 15.0. The Kier molecular flexibility index (Phi) is 6.10. The van der Waals surface area contributed by atoms with Crippen LogP contribution in [0.3, 0.4) is 0 Å². The predicted molar refractivity (Wildman–Crippen MR) is 95.0 cm³/mol. The highest BCUT2D eigenvalue weighted by molar-refractivity contribution is 8.77. The molecule has 0 aromatic heterocycles. The van der Waals surface area contributed by atoms with Crippen LogP contribution in [-0.4, -0.2) is 60.2 Å². The van der Waals surface area contributed by atoms with Gasteiger partial charge < -0.3 is 10.6 Å². The molecule has 128 valence electrons. The van der Waals surface area contributed by atoms with Crippen LogP contribution < -0.4 is 10.6 Å². The molecule has 1 aliphatic heterocycles. The van der Waals surface area contributed by atoms with E-state index >= 15 is 0 Å². The molecular weight excluding hydrogens is 350 g/mol. The summed E-state index contributed by atoms with van der Waals surface area (Å²) in [7, 11) is 7.03. The molecule has 0 bridgehead atoms. The van der Waals surface area contributed by atoms with E-state index in [1.165, 1.54) is 47.6 Å². The van der Waals surface area contributed by atoms with Crippen molar-refractivity contribution in [1.29, 1.82) is 0 Å². The molecule has 6 amide bonds. The van der Waals surface area contributed by atoms with E-state index in [2.05, 4.69) is 15.6 Å². The average molecular weight is 367 g/mol. The van der Waals surface area contributed by atoms with Crippen LogP contribution in [0.2, 0.25) is 0 Å². The van der Waals surface area contributed by atoms with E-state index in [9.17, 15) is 14.4 Å². The van der Waals surface area contributed by atoms with Gasteiger partial charge in [-0.2, -0.15) is 4.99 Å². The zero-order valence-electron chi connectivity index (χ0n) is 13.3. The Morgan fingerprint density at radius 2 is 1.83 bits per heavy atom. The third-order valence-corrected chi connectivity index (χ3v) is 5.71. The Balaban J connectivity index is 2.30. The van der Waals surface area contributed by atoms with Crippen LogP contribution in [0.25, 0.3) is 0 Å². The molecule has 1 fully saturated rings. The van der Waals surface area contributed by atoms with Gasteiger partial charge in [0.15, 0.2) is 11.2 Å². The molecule has 1 aliphatic rings. The number of nitrogens with one attached hydrogen (secondary N) is 2. The van der Waals surface area contributed by atoms with Gasteiger partial charge >= 0.3 is 18.1 Å². The minimum Gasteiger partial charge on any atom is -0.341 e. The Hall–Kier alpha value is -2.20. The number of rotatable bonds is 3. The van der Waals surface area contributed by atoms with Gasteiger partial charge in [0.05, 0.1) is 0 Å². The number of carbonyl (C=O) groups excluding carboxylic acids is 3. The lowest BCUT2D eigenvalue weighted by molar-refractivity contribution is 0.189. The van der Waals surface area contributed by atoms with E-state index in [0.717, 1.165) is 9.80 Å². The number of amidine groups is 1. The van der Waals surface area contributed by atoms with Crippen molar-refractivity contribution in [3.05, 3.63) is 30.3 Å². The van der Waals surface area contributed by atoms with Gasteiger partial charge in [0.25, 0.3) is 0 Å². The summed E-state index contributed by atoms with van der Waals surface area (Å²) >= 11 is 0. The van der Waals surface area contributed by atoms with Crippen molar-refractivity contribution in [2.24, 2.45) is 4.99 Å².